The summed E-state index contributed by atoms with van der Waals surface area (Å²) in [5.41, 5.74) is 0.0177. The second-order valence-corrected chi connectivity index (χ2v) is 4.38. The van der Waals surface area contributed by atoms with Gasteiger partial charge in [-0.2, -0.15) is 0 Å². The second kappa shape index (κ2) is 3.98. The fourth-order valence-corrected chi connectivity index (χ4v) is 2.13. The zero-order chi connectivity index (χ0) is 11.8. The van der Waals surface area contributed by atoms with Gasteiger partial charge in [0.2, 0.25) is 0 Å². The van der Waals surface area contributed by atoms with Gasteiger partial charge in [-0.25, -0.2) is 0 Å². The Balaban J connectivity index is 2.48. The Morgan fingerprint density at radius 2 is 2.00 bits per heavy atom. The van der Waals surface area contributed by atoms with Crippen LogP contribution >= 0.6 is 0 Å². The maximum absolute atomic E-state index is 12.4. The molecule has 3 nitrogen and oxygen atoms in total. The third kappa shape index (κ3) is 2.14. The van der Waals surface area contributed by atoms with E-state index in [0.29, 0.717) is 30.2 Å². The molecular weight excluding hydrogens is 277 g/mol. The van der Waals surface area contributed by atoms with Crippen LogP contribution in [0, 0.1) is 0 Å². The Bertz CT molecular complexity index is 492. The van der Waals surface area contributed by atoms with E-state index < -0.39 is 11.9 Å². The standard InChI is InChI=1S/C9H5F3N3.Ga.H/c10-9(11,12)8-5-7(14-15-8)6-3-1-2-4-13-6;;/h1-5H;;/q-1;+1;. The van der Waals surface area contributed by atoms with Gasteiger partial charge in [-0.15, -0.1) is 0 Å². The number of pyridine rings is 1. The Kier molecular flexibility index (Phi) is 2.81. The van der Waals surface area contributed by atoms with Crippen molar-refractivity contribution in [2.24, 2.45) is 0 Å². The summed E-state index contributed by atoms with van der Waals surface area (Å²) in [6.45, 7) is 0. The molecule has 0 spiro atoms. The van der Waals surface area contributed by atoms with Crippen molar-refractivity contribution >= 4 is 18.8 Å². The Hall–Kier alpha value is -1.21. The van der Waals surface area contributed by atoms with Crippen LogP contribution in [0.15, 0.2) is 30.5 Å². The van der Waals surface area contributed by atoms with Crippen molar-refractivity contribution in [1.29, 1.82) is 0 Å². The maximum atomic E-state index is 12.4. The molecule has 2 aromatic rings. The summed E-state index contributed by atoms with van der Waals surface area (Å²) in [5, 5.41) is 3.47. The molecule has 0 aliphatic carbocycles. The first-order chi connectivity index (χ1) is 7.48. The van der Waals surface area contributed by atoms with Crippen LogP contribution in [0.5, 0.6) is 0 Å². The van der Waals surface area contributed by atoms with Crippen molar-refractivity contribution in [3.63, 3.8) is 0 Å². The van der Waals surface area contributed by atoms with Gasteiger partial charge in [0.1, 0.15) is 0 Å². The molecule has 0 N–H and O–H groups in total. The molecule has 81 valence electrons. The van der Waals surface area contributed by atoms with Crippen LogP contribution in [0.2, 0.25) is 0 Å². The third-order valence-corrected chi connectivity index (χ3v) is 3.01. The van der Waals surface area contributed by atoms with Gasteiger partial charge in [0.25, 0.3) is 0 Å². The molecule has 0 fully saturated rings. The summed E-state index contributed by atoms with van der Waals surface area (Å²) < 4.78 is 38.5. The molecule has 0 unspecified atom stereocenters. The van der Waals surface area contributed by atoms with E-state index in [9.17, 15) is 13.2 Å². The van der Waals surface area contributed by atoms with Crippen LogP contribution in [-0.2, 0) is 6.18 Å². The molecule has 1 radical (unpaired) electrons. The molecule has 16 heavy (non-hydrogen) atoms. The summed E-state index contributed by atoms with van der Waals surface area (Å²) in [6, 6.07) is 6.11. The topological polar surface area (TPSA) is 30.7 Å². The Morgan fingerprint density at radius 1 is 1.25 bits per heavy atom. The third-order valence-electron chi connectivity index (χ3n) is 2.00. The van der Waals surface area contributed by atoms with E-state index in [0.717, 1.165) is 6.07 Å². The van der Waals surface area contributed by atoms with Gasteiger partial charge in [0.15, 0.2) is 0 Å². The van der Waals surface area contributed by atoms with Crippen molar-refractivity contribution in [2.75, 3.05) is 0 Å². The molecule has 2 rings (SSSR count). The first-order valence-corrected chi connectivity index (χ1v) is 5.71. The summed E-state index contributed by atoms with van der Waals surface area (Å²) in [6.07, 6.45) is -2.87. The van der Waals surface area contributed by atoms with Crippen molar-refractivity contribution < 1.29 is 13.2 Å². The van der Waals surface area contributed by atoms with Crippen LogP contribution in [0.3, 0.4) is 0 Å². The fraction of sp³-hybridized carbons (Fsp3) is 0.111. The number of halogens is 3. The van der Waals surface area contributed by atoms with E-state index in [2.05, 4.69) is 10.1 Å². The predicted octanol–water partition coefficient (Wildman–Crippen LogP) is 1.63. The van der Waals surface area contributed by atoms with E-state index in [1.165, 1.54) is 9.59 Å². The molecule has 0 aromatic carbocycles. The average Bonchev–Trinajstić information content (AvgIpc) is 2.61. The molecule has 0 bridgehead atoms. The zero-order valence-electron chi connectivity index (χ0n) is 8.07. The quantitative estimate of drug-likeness (QED) is 0.745. The van der Waals surface area contributed by atoms with Crippen LogP contribution in [-0.4, -0.2) is 32.3 Å². The molecule has 0 aliphatic rings. The van der Waals surface area contributed by atoms with Gasteiger partial charge in [-0.1, -0.05) is 0 Å². The van der Waals surface area contributed by atoms with E-state index in [1.54, 1.807) is 18.2 Å². The first-order valence-electron chi connectivity index (χ1n) is 4.38. The van der Waals surface area contributed by atoms with Crippen LogP contribution in [0.4, 0.5) is 13.2 Å². The normalized spacial score (nSPS) is 11.7. The Labute approximate surface area is 99.5 Å². The zero-order valence-corrected chi connectivity index (χ0v) is 11.0. The number of hydrogen-bond acceptors (Lipinski definition) is 2. The van der Waals surface area contributed by atoms with Gasteiger partial charge in [-0.3, -0.25) is 0 Å². The van der Waals surface area contributed by atoms with Gasteiger partial charge in [0, 0.05) is 0 Å². The molecular formula is C9H6F3GaN3. The van der Waals surface area contributed by atoms with Gasteiger partial charge in [-0.05, 0) is 0 Å². The summed E-state index contributed by atoms with van der Waals surface area (Å²) in [5.74, 6) is 0. The van der Waals surface area contributed by atoms with E-state index in [-0.39, 0.29) is 0 Å². The molecule has 0 amide bonds. The summed E-state index contributed by atoms with van der Waals surface area (Å²) in [4.78, 5) is 4.00. The number of hydrogen-bond donors (Lipinski definition) is 0. The van der Waals surface area contributed by atoms with Gasteiger partial charge >= 0.3 is 99.2 Å². The summed E-state index contributed by atoms with van der Waals surface area (Å²) >= 11 is 0.488. The minimum atomic E-state index is -4.41. The van der Waals surface area contributed by atoms with Crippen molar-refractivity contribution in [2.45, 2.75) is 6.18 Å². The molecule has 0 saturated carbocycles. The van der Waals surface area contributed by atoms with Gasteiger partial charge in [0.05, 0.1) is 0 Å². The molecule has 7 heteroatoms. The summed E-state index contributed by atoms with van der Waals surface area (Å²) in [7, 11) is 0. The Morgan fingerprint density at radius 3 is 2.50 bits per heavy atom. The monoisotopic (exact) mass is 282 g/mol. The number of alkyl halides is 3. The number of nitrogens with zero attached hydrogens (tertiary/aromatic N) is 3. The minimum absolute atomic E-state index is 0.396. The fourth-order valence-electron chi connectivity index (χ4n) is 1.28. The van der Waals surface area contributed by atoms with E-state index >= 15 is 0 Å². The van der Waals surface area contributed by atoms with Crippen LogP contribution in [0.25, 0.3) is 11.4 Å². The SMILES string of the molecule is FC(F)(F)c1cc(-c2ccccn2)[n]([GaH])n1. The van der Waals surface area contributed by atoms with Crippen molar-refractivity contribution in [3.8, 4) is 11.4 Å². The van der Waals surface area contributed by atoms with Crippen molar-refractivity contribution in [1.82, 2.24) is 13.5 Å². The molecule has 0 atom stereocenters. The number of aromatic nitrogens is 3. The van der Waals surface area contributed by atoms with Crippen LogP contribution < -0.4 is 0 Å². The van der Waals surface area contributed by atoms with Crippen molar-refractivity contribution in [3.05, 3.63) is 36.2 Å². The average molecular weight is 283 g/mol. The molecule has 2 heterocycles. The first kappa shape index (κ1) is 11.3. The second-order valence-electron chi connectivity index (χ2n) is 3.13. The number of rotatable bonds is 1. The van der Waals surface area contributed by atoms with Gasteiger partial charge < -0.3 is 0 Å². The molecule has 0 aliphatic heterocycles. The van der Waals surface area contributed by atoms with E-state index in [4.69, 9.17) is 0 Å². The molecule has 2 aromatic heterocycles. The van der Waals surface area contributed by atoms with Crippen LogP contribution in [0.1, 0.15) is 5.69 Å². The molecule has 0 saturated heterocycles. The van der Waals surface area contributed by atoms with E-state index in [1.807, 2.05) is 0 Å². The predicted molar refractivity (Wildman–Crippen MR) is 53.0 cm³/mol.